The molecule has 0 aliphatic carbocycles. The highest BCUT2D eigenvalue weighted by atomic mass is 16.5. The van der Waals surface area contributed by atoms with Crippen LogP contribution in [-0.4, -0.2) is 31.2 Å². The predicted octanol–water partition coefficient (Wildman–Crippen LogP) is 2.79. The number of ether oxygens (including phenoxy) is 1. The summed E-state index contributed by atoms with van der Waals surface area (Å²) in [5.41, 5.74) is 5.15. The van der Waals surface area contributed by atoms with Crippen LogP contribution in [0.15, 0.2) is 42.5 Å². The van der Waals surface area contributed by atoms with Gasteiger partial charge in [-0.1, -0.05) is 18.2 Å². The van der Waals surface area contributed by atoms with E-state index in [1.165, 1.54) is 18.2 Å². The van der Waals surface area contributed by atoms with Gasteiger partial charge in [0.05, 0.1) is 13.7 Å². The van der Waals surface area contributed by atoms with Gasteiger partial charge in [-0.2, -0.15) is 0 Å². The SMILES string of the molecule is COC(=O)c1ccc(CNc2ccc(C3=CCNCC3)cc2)[nH]1. The smallest absolute Gasteiger partial charge is 0.354 e. The van der Waals surface area contributed by atoms with Crippen LogP contribution in [0.1, 0.15) is 28.2 Å². The maximum atomic E-state index is 11.4. The maximum absolute atomic E-state index is 11.4. The molecular formula is C18H21N3O2. The summed E-state index contributed by atoms with van der Waals surface area (Å²) in [6.45, 7) is 2.62. The number of hydrogen-bond donors (Lipinski definition) is 3. The van der Waals surface area contributed by atoms with Gasteiger partial charge in [0.25, 0.3) is 0 Å². The molecule has 5 nitrogen and oxygen atoms in total. The van der Waals surface area contributed by atoms with Crippen molar-refractivity contribution in [2.75, 3.05) is 25.5 Å². The molecule has 3 N–H and O–H groups in total. The molecule has 2 heterocycles. The molecule has 5 heteroatoms. The summed E-state index contributed by atoms with van der Waals surface area (Å²) >= 11 is 0. The van der Waals surface area contributed by atoms with Gasteiger partial charge in [-0.15, -0.1) is 0 Å². The number of hydrogen-bond acceptors (Lipinski definition) is 4. The van der Waals surface area contributed by atoms with Crippen molar-refractivity contribution in [3.05, 3.63) is 59.4 Å². The number of anilines is 1. The molecule has 2 aromatic rings. The fraction of sp³-hybridized carbons (Fsp3) is 0.278. The Balaban J connectivity index is 1.59. The third kappa shape index (κ3) is 3.81. The zero-order valence-electron chi connectivity index (χ0n) is 13.2. The summed E-state index contributed by atoms with van der Waals surface area (Å²) in [4.78, 5) is 14.4. The molecule has 1 aliphatic rings. The normalized spacial score (nSPS) is 14.2. The van der Waals surface area contributed by atoms with E-state index in [4.69, 9.17) is 0 Å². The largest absolute Gasteiger partial charge is 0.464 e. The average Bonchev–Trinajstić information content (AvgIpc) is 3.09. The number of carbonyl (C=O) groups is 1. The quantitative estimate of drug-likeness (QED) is 0.743. The van der Waals surface area contributed by atoms with Crippen LogP contribution in [0.25, 0.3) is 5.57 Å². The van der Waals surface area contributed by atoms with E-state index in [9.17, 15) is 4.79 Å². The van der Waals surface area contributed by atoms with Gasteiger partial charge in [-0.3, -0.25) is 0 Å². The monoisotopic (exact) mass is 311 g/mol. The van der Waals surface area contributed by atoms with Gasteiger partial charge in [0.15, 0.2) is 0 Å². The van der Waals surface area contributed by atoms with E-state index < -0.39 is 0 Å². The number of carbonyl (C=O) groups excluding carboxylic acids is 1. The highest BCUT2D eigenvalue weighted by molar-refractivity contribution is 5.87. The molecule has 0 saturated heterocycles. The van der Waals surface area contributed by atoms with Crippen LogP contribution in [0.4, 0.5) is 5.69 Å². The molecule has 0 unspecified atom stereocenters. The molecule has 0 radical (unpaired) electrons. The zero-order valence-corrected chi connectivity index (χ0v) is 13.2. The topological polar surface area (TPSA) is 66.2 Å². The van der Waals surface area contributed by atoms with Crippen molar-refractivity contribution in [3.63, 3.8) is 0 Å². The highest BCUT2D eigenvalue weighted by Gasteiger charge is 2.08. The third-order valence-electron chi connectivity index (χ3n) is 3.95. The number of benzene rings is 1. The fourth-order valence-electron chi connectivity index (χ4n) is 2.66. The average molecular weight is 311 g/mol. The third-order valence-corrected chi connectivity index (χ3v) is 3.95. The first-order valence-corrected chi connectivity index (χ1v) is 7.76. The minimum absolute atomic E-state index is 0.351. The summed E-state index contributed by atoms with van der Waals surface area (Å²) in [5, 5.41) is 6.67. The first-order valence-electron chi connectivity index (χ1n) is 7.76. The number of rotatable bonds is 5. The van der Waals surface area contributed by atoms with Crippen LogP contribution in [0.5, 0.6) is 0 Å². The Kier molecular flexibility index (Phi) is 4.78. The number of esters is 1. The summed E-state index contributed by atoms with van der Waals surface area (Å²) in [7, 11) is 1.38. The van der Waals surface area contributed by atoms with Crippen molar-refractivity contribution in [1.82, 2.24) is 10.3 Å². The maximum Gasteiger partial charge on any atom is 0.354 e. The lowest BCUT2D eigenvalue weighted by atomic mass is 10.0. The van der Waals surface area contributed by atoms with Crippen molar-refractivity contribution < 1.29 is 9.53 Å². The fourth-order valence-corrected chi connectivity index (χ4v) is 2.66. The highest BCUT2D eigenvalue weighted by Crippen LogP contribution is 2.21. The second-order valence-electron chi connectivity index (χ2n) is 5.50. The van der Waals surface area contributed by atoms with E-state index in [0.717, 1.165) is 30.9 Å². The van der Waals surface area contributed by atoms with E-state index in [2.05, 4.69) is 50.7 Å². The number of H-pyrrole nitrogens is 1. The number of aromatic nitrogens is 1. The lowest BCUT2D eigenvalue weighted by molar-refractivity contribution is 0.0594. The van der Waals surface area contributed by atoms with Crippen molar-refractivity contribution in [1.29, 1.82) is 0 Å². The molecule has 0 atom stereocenters. The molecule has 0 amide bonds. The summed E-state index contributed by atoms with van der Waals surface area (Å²) in [6, 6.07) is 12.1. The van der Waals surface area contributed by atoms with Gasteiger partial charge in [0, 0.05) is 17.9 Å². The standard InChI is InChI=1S/C18H21N3O2/c1-23-18(22)17-7-6-16(21-17)12-20-15-4-2-13(3-5-15)14-8-10-19-11-9-14/h2-8,19-21H,9-12H2,1H3. The van der Waals surface area contributed by atoms with Crippen molar-refractivity contribution in [2.24, 2.45) is 0 Å². The molecule has 1 aromatic heterocycles. The lowest BCUT2D eigenvalue weighted by Gasteiger charge is -2.14. The molecular weight excluding hydrogens is 290 g/mol. The van der Waals surface area contributed by atoms with E-state index in [1.54, 1.807) is 6.07 Å². The van der Waals surface area contributed by atoms with E-state index >= 15 is 0 Å². The number of aromatic amines is 1. The van der Waals surface area contributed by atoms with Crippen molar-refractivity contribution in [3.8, 4) is 0 Å². The van der Waals surface area contributed by atoms with E-state index in [-0.39, 0.29) is 5.97 Å². The Morgan fingerprint density at radius 3 is 2.74 bits per heavy atom. The van der Waals surface area contributed by atoms with Gasteiger partial charge in [0.2, 0.25) is 0 Å². The molecule has 0 bridgehead atoms. The van der Waals surface area contributed by atoms with Gasteiger partial charge in [-0.25, -0.2) is 4.79 Å². The Hall–Kier alpha value is -2.53. The van der Waals surface area contributed by atoms with Gasteiger partial charge in [0.1, 0.15) is 5.69 Å². The predicted molar refractivity (Wildman–Crippen MR) is 91.4 cm³/mol. The van der Waals surface area contributed by atoms with Gasteiger partial charge >= 0.3 is 5.97 Å². The summed E-state index contributed by atoms with van der Waals surface area (Å²) in [5.74, 6) is -0.351. The minimum Gasteiger partial charge on any atom is -0.464 e. The Morgan fingerprint density at radius 2 is 2.04 bits per heavy atom. The molecule has 120 valence electrons. The Morgan fingerprint density at radius 1 is 1.22 bits per heavy atom. The van der Waals surface area contributed by atoms with Crippen molar-refractivity contribution >= 4 is 17.2 Å². The van der Waals surface area contributed by atoms with Crippen LogP contribution in [0, 0.1) is 0 Å². The zero-order chi connectivity index (χ0) is 16.1. The lowest BCUT2D eigenvalue weighted by Crippen LogP contribution is -2.19. The molecule has 0 saturated carbocycles. The minimum atomic E-state index is -0.351. The summed E-state index contributed by atoms with van der Waals surface area (Å²) in [6.07, 6.45) is 3.32. The molecule has 3 rings (SSSR count). The first-order chi connectivity index (χ1) is 11.3. The van der Waals surface area contributed by atoms with Crippen LogP contribution >= 0.6 is 0 Å². The molecule has 23 heavy (non-hydrogen) atoms. The second-order valence-corrected chi connectivity index (χ2v) is 5.50. The number of nitrogens with one attached hydrogen (secondary N) is 3. The second kappa shape index (κ2) is 7.15. The molecule has 1 aliphatic heterocycles. The van der Waals surface area contributed by atoms with Crippen LogP contribution in [-0.2, 0) is 11.3 Å². The molecule has 1 aromatic carbocycles. The van der Waals surface area contributed by atoms with E-state index in [1.807, 2.05) is 6.07 Å². The van der Waals surface area contributed by atoms with Crippen molar-refractivity contribution in [2.45, 2.75) is 13.0 Å². The summed E-state index contributed by atoms with van der Waals surface area (Å²) < 4.78 is 4.68. The Labute approximate surface area is 135 Å². The molecule has 0 fully saturated rings. The van der Waals surface area contributed by atoms with Crippen LogP contribution < -0.4 is 10.6 Å². The van der Waals surface area contributed by atoms with Gasteiger partial charge in [-0.05, 0) is 48.4 Å². The number of methoxy groups -OCH3 is 1. The van der Waals surface area contributed by atoms with Crippen LogP contribution in [0.2, 0.25) is 0 Å². The first kappa shape index (κ1) is 15.4. The van der Waals surface area contributed by atoms with E-state index in [0.29, 0.717) is 12.2 Å². The van der Waals surface area contributed by atoms with Gasteiger partial charge < -0.3 is 20.4 Å². The van der Waals surface area contributed by atoms with Crippen LogP contribution in [0.3, 0.4) is 0 Å². The molecule has 0 spiro atoms. The Bertz CT molecular complexity index is 701.